The van der Waals surface area contributed by atoms with Gasteiger partial charge in [0.1, 0.15) is 11.6 Å². The number of rotatable bonds is 4. The van der Waals surface area contributed by atoms with Crippen LogP contribution in [0.5, 0.6) is 11.5 Å². The molecular formula is C19H16N2O3. The summed E-state index contributed by atoms with van der Waals surface area (Å²) in [4.78, 5) is 12.3. The van der Waals surface area contributed by atoms with E-state index in [-0.39, 0.29) is 18.4 Å². The highest BCUT2D eigenvalue weighted by atomic mass is 16.7. The van der Waals surface area contributed by atoms with Crippen molar-refractivity contribution in [2.75, 3.05) is 6.79 Å². The molecule has 0 saturated heterocycles. The molecule has 5 heteroatoms. The van der Waals surface area contributed by atoms with E-state index in [0.717, 1.165) is 5.56 Å². The Morgan fingerprint density at radius 3 is 2.71 bits per heavy atom. The van der Waals surface area contributed by atoms with Gasteiger partial charge in [-0.15, -0.1) is 0 Å². The molecule has 1 aliphatic heterocycles. The maximum atomic E-state index is 12.3. The Kier molecular flexibility index (Phi) is 4.48. The molecule has 0 bridgehead atoms. The highest BCUT2D eigenvalue weighted by molar-refractivity contribution is 6.01. The molecule has 120 valence electrons. The summed E-state index contributed by atoms with van der Waals surface area (Å²) in [6.07, 6.45) is 1.54. The third kappa shape index (κ3) is 3.39. The molecule has 0 aliphatic carbocycles. The highest BCUT2D eigenvalue weighted by Gasteiger charge is 2.16. The third-order valence-electron chi connectivity index (χ3n) is 3.72. The van der Waals surface area contributed by atoms with Crippen LogP contribution in [0.25, 0.3) is 6.08 Å². The number of hydrogen-bond acceptors (Lipinski definition) is 4. The van der Waals surface area contributed by atoms with Crippen LogP contribution in [0, 0.1) is 11.3 Å². The van der Waals surface area contributed by atoms with Gasteiger partial charge in [0.25, 0.3) is 5.91 Å². The van der Waals surface area contributed by atoms with Crippen LogP contribution in [0.3, 0.4) is 0 Å². The number of amides is 1. The molecule has 0 radical (unpaired) electrons. The molecular weight excluding hydrogens is 304 g/mol. The van der Waals surface area contributed by atoms with Crippen molar-refractivity contribution >= 4 is 12.0 Å². The molecule has 0 unspecified atom stereocenters. The lowest BCUT2D eigenvalue weighted by Gasteiger charge is -2.13. The van der Waals surface area contributed by atoms with Gasteiger partial charge in [0, 0.05) is 0 Å². The summed E-state index contributed by atoms with van der Waals surface area (Å²) in [6, 6.07) is 16.6. The van der Waals surface area contributed by atoms with Gasteiger partial charge in [0.15, 0.2) is 11.5 Å². The van der Waals surface area contributed by atoms with Gasteiger partial charge in [-0.3, -0.25) is 4.79 Å². The van der Waals surface area contributed by atoms with Crippen molar-refractivity contribution < 1.29 is 14.3 Å². The van der Waals surface area contributed by atoms with E-state index in [4.69, 9.17) is 9.47 Å². The van der Waals surface area contributed by atoms with Gasteiger partial charge in [-0.05, 0) is 36.3 Å². The number of fused-ring (bicyclic) bond motifs is 1. The fraction of sp³-hybridized carbons (Fsp3) is 0.158. The van der Waals surface area contributed by atoms with Crippen LogP contribution in [0.4, 0.5) is 0 Å². The number of nitrogens with one attached hydrogen (secondary N) is 1. The van der Waals surface area contributed by atoms with Crippen molar-refractivity contribution in [1.82, 2.24) is 5.32 Å². The van der Waals surface area contributed by atoms with Crippen LogP contribution >= 0.6 is 0 Å². The zero-order valence-corrected chi connectivity index (χ0v) is 13.2. The van der Waals surface area contributed by atoms with Gasteiger partial charge in [-0.25, -0.2) is 0 Å². The number of ether oxygens (including phenoxy) is 2. The van der Waals surface area contributed by atoms with Gasteiger partial charge in [-0.2, -0.15) is 5.26 Å². The SMILES string of the molecule is C[C@@H](NC(=O)/C(C#N)=C/c1ccc2c(c1)OCO2)c1ccccc1. The fourth-order valence-corrected chi connectivity index (χ4v) is 2.42. The van der Waals surface area contributed by atoms with Gasteiger partial charge >= 0.3 is 0 Å². The first-order valence-electron chi connectivity index (χ1n) is 7.54. The third-order valence-corrected chi connectivity index (χ3v) is 3.72. The van der Waals surface area contributed by atoms with E-state index < -0.39 is 5.91 Å². The summed E-state index contributed by atoms with van der Waals surface area (Å²) in [6.45, 7) is 2.06. The molecule has 3 rings (SSSR count). The first kappa shape index (κ1) is 15.6. The summed E-state index contributed by atoms with van der Waals surface area (Å²) in [5.41, 5.74) is 1.72. The second kappa shape index (κ2) is 6.88. The van der Waals surface area contributed by atoms with Gasteiger partial charge in [0.05, 0.1) is 6.04 Å². The van der Waals surface area contributed by atoms with Crippen LogP contribution in [0.1, 0.15) is 24.1 Å². The zero-order chi connectivity index (χ0) is 16.9. The predicted octanol–water partition coefficient (Wildman–Crippen LogP) is 3.20. The summed E-state index contributed by atoms with van der Waals surface area (Å²) in [5.74, 6) is 0.860. The molecule has 24 heavy (non-hydrogen) atoms. The first-order chi connectivity index (χ1) is 11.7. The molecule has 1 amide bonds. The average molecular weight is 320 g/mol. The van der Waals surface area contributed by atoms with E-state index in [1.807, 2.05) is 43.3 Å². The maximum Gasteiger partial charge on any atom is 0.262 e. The Balaban J connectivity index is 1.76. The summed E-state index contributed by atoms with van der Waals surface area (Å²) < 4.78 is 10.5. The maximum absolute atomic E-state index is 12.3. The van der Waals surface area contributed by atoms with Crippen molar-refractivity contribution in [2.45, 2.75) is 13.0 Å². The van der Waals surface area contributed by atoms with Gasteiger partial charge in [-0.1, -0.05) is 36.4 Å². The molecule has 1 aliphatic rings. The minimum absolute atomic E-state index is 0.0386. The van der Waals surface area contributed by atoms with Gasteiger partial charge in [0.2, 0.25) is 6.79 Å². The number of nitrogens with zero attached hydrogens (tertiary/aromatic N) is 1. The normalized spacial score (nSPS) is 13.9. The van der Waals surface area contributed by atoms with E-state index >= 15 is 0 Å². The fourth-order valence-electron chi connectivity index (χ4n) is 2.42. The van der Waals surface area contributed by atoms with Crippen molar-refractivity contribution in [3.63, 3.8) is 0 Å². The summed E-state index contributed by atoms with van der Waals surface area (Å²) >= 11 is 0. The van der Waals surface area contributed by atoms with E-state index in [2.05, 4.69) is 5.32 Å². The van der Waals surface area contributed by atoms with E-state index in [1.54, 1.807) is 18.2 Å². The largest absolute Gasteiger partial charge is 0.454 e. The first-order valence-corrected chi connectivity index (χ1v) is 7.54. The molecule has 2 aromatic carbocycles. The minimum Gasteiger partial charge on any atom is -0.454 e. The predicted molar refractivity (Wildman–Crippen MR) is 89.2 cm³/mol. The standard InChI is InChI=1S/C19H16N2O3/c1-13(15-5-3-2-4-6-15)21-19(22)16(11-20)9-14-7-8-17-18(10-14)24-12-23-17/h2-10,13H,12H2,1H3,(H,21,22)/b16-9+/t13-/m1/s1. The Bertz CT molecular complexity index is 822. The number of carbonyl (C=O) groups is 1. The Hall–Kier alpha value is -3.26. The lowest BCUT2D eigenvalue weighted by molar-refractivity contribution is -0.117. The quantitative estimate of drug-likeness (QED) is 0.693. The molecule has 5 nitrogen and oxygen atoms in total. The Morgan fingerprint density at radius 2 is 1.96 bits per heavy atom. The van der Waals surface area contributed by atoms with Crippen molar-refractivity contribution in [3.8, 4) is 17.6 Å². The molecule has 1 heterocycles. The number of benzene rings is 2. The zero-order valence-electron chi connectivity index (χ0n) is 13.2. The smallest absolute Gasteiger partial charge is 0.262 e. The second-order valence-corrected chi connectivity index (χ2v) is 5.39. The topological polar surface area (TPSA) is 71.4 Å². The summed E-state index contributed by atoms with van der Waals surface area (Å²) in [5, 5.41) is 12.1. The monoisotopic (exact) mass is 320 g/mol. The molecule has 1 N–H and O–H groups in total. The molecule has 2 aromatic rings. The van der Waals surface area contributed by atoms with Crippen molar-refractivity contribution in [3.05, 3.63) is 65.2 Å². The number of hydrogen-bond donors (Lipinski definition) is 1. The van der Waals surface area contributed by atoms with E-state index in [1.165, 1.54) is 6.08 Å². The van der Waals surface area contributed by atoms with Crippen LogP contribution in [0.2, 0.25) is 0 Å². The van der Waals surface area contributed by atoms with Crippen molar-refractivity contribution in [2.24, 2.45) is 0 Å². The van der Waals surface area contributed by atoms with E-state index in [9.17, 15) is 10.1 Å². The number of carbonyl (C=O) groups excluding carboxylic acids is 1. The average Bonchev–Trinajstić information content (AvgIpc) is 3.08. The second-order valence-electron chi connectivity index (χ2n) is 5.39. The Labute approximate surface area is 140 Å². The molecule has 1 atom stereocenters. The van der Waals surface area contributed by atoms with E-state index in [0.29, 0.717) is 17.1 Å². The highest BCUT2D eigenvalue weighted by Crippen LogP contribution is 2.33. The van der Waals surface area contributed by atoms with Crippen LogP contribution in [-0.2, 0) is 4.79 Å². The molecule has 0 fully saturated rings. The van der Waals surface area contributed by atoms with Gasteiger partial charge < -0.3 is 14.8 Å². The molecule has 0 aromatic heterocycles. The molecule has 0 saturated carbocycles. The van der Waals surface area contributed by atoms with Crippen LogP contribution in [0.15, 0.2) is 54.1 Å². The van der Waals surface area contributed by atoms with Crippen LogP contribution in [-0.4, -0.2) is 12.7 Å². The van der Waals surface area contributed by atoms with Crippen molar-refractivity contribution in [1.29, 1.82) is 5.26 Å². The number of nitriles is 1. The Morgan fingerprint density at radius 1 is 1.21 bits per heavy atom. The minimum atomic E-state index is -0.411. The lowest BCUT2D eigenvalue weighted by atomic mass is 10.1. The lowest BCUT2D eigenvalue weighted by Crippen LogP contribution is -2.27. The molecule has 0 spiro atoms. The summed E-state index contributed by atoms with van der Waals surface area (Å²) in [7, 11) is 0. The van der Waals surface area contributed by atoms with Crippen LogP contribution < -0.4 is 14.8 Å².